The lowest BCUT2D eigenvalue weighted by molar-refractivity contribution is 0.146. The van der Waals surface area contributed by atoms with E-state index in [1.165, 1.54) is 0 Å². The van der Waals surface area contributed by atoms with E-state index >= 15 is 0 Å². The minimum atomic E-state index is -0.0448. The maximum absolute atomic E-state index is 5.32. The molecule has 0 saturated carbocycles. The van der Waals surface area contributed by atoms with Gasteiger partial charge in [0.25, 0.3) is 0 Å². The Kier molecular flexibility index (Phi) is 5.13. The molecular weight excluding hydrogens is 252 g/mol. The van der Waals surface area contributed by atoms with Gasteiger partial charge in [0.05, 0.1) is 6.54 Å². The van der Waals surface area contributed by atoms with Crippen molar-refractivity contribution in [2.24, 2.45) is 0 Å². The molecule has 0 spiro atoms. The molecule has 1 atom stereocenters. The summed E-state index contributed by atoms with van der Waals surface area (Å²) in [6, 6.07) is 0.522. The van der Waals surface area contributed by atoms with Crippen molar-refractivity contribution in [3.63, 3.8) is 0 Å². The highest BCUT2D eigenvalue weighted by atomic mass is 35.5. The van der Waals surface area contributed by atoms with Gasteiger partial charge >= 0.3 is 0 Å². The van der Waals surface area contributed by atoms with E-state index < -0.39 is 0 Å². The van der Waals surface area contributed by atoms with Crippen molar-refractivity contribution in [3.05, 3.63) is 11.7 Å². The number of aromatic nitrogens is 2. The minimum absolute atomic E-state index is 0. The molecule has 0 bridgehead atoms. The van der Waals surface area contributed by atoms with Gasteiger partial charge in [-0.1, -0.05) is 25.9 Å². The minimum Gasteiger partial charge on any atom is -0.338 e. The molecular formula is C12H23ClN4O. The molecule has 1 N–H and O–H groups in total. The van der Waals surface area contributed by atoms with Crippen LogP contribution in [0.1, 0.15) is 39.4 Å². The molecule has 1 saturated heterocycles. The summed E-state index contributed by atoms with van der Waals surface area (Å²) in [6.07, 6.45) is 0. The van der Waals surface area contributed by atoms with Crippen LogP contribution >= 0.6 is 12.4 Å². The molecule has 5 nitrogen and oxygen atoms in total. The van der Waals surface area contributed by atoms with E-state index in [9.17, 15) is 0 Å². The molecule has 6 heteroatoms. The highest BCUT2D eigenvalue weighted by Gasteiger charge is 2.24. The second kappa shape index (κ2) is 5.99. The van der Waals surface area contributed by atoms with E-state index in [-0.39, 0.29) is 17.8 Å². The van der Waals surface area contributed by atoms with E-state index in [1.807, 2.05) is 0 Å². The average molecular weight is 275 g/mol. The Hall–Kier alpha value is -0.650. The number of hydrogen-bond acceptors (Lipinski definition) is 5. The van der Waals surface area contributed by atoms with Gasteiger partial charge in [-0.25, -0.2) is 0 Å². The van der Waals surface area contributed by atoms with Crippen molar-refractivity contribution in [2.45, 2.75) is 45.7 Å². The van der Waals surface area contributed by atoms with Gasteiger partial charge in [-0.15, -0.1) is 12.4 Å². The first-order valence-corrected chi connectivity index (χ1v) is 6.24. The predicted octanol–water partition coefficient (Wildman–Crippen LogP) is 1.58. The lowest BCUT2D eigenvalue weighted by atomic mass is 9.96. The average Bonchev–Trinajstić information content (AvgIpc) is 2.69. The summed E-state index contributed by atoms with van der Waals surface area (Å²) in [5, 5.41) is 7.42. The molecule has 1 aliphatic rings. The number of nitrogens with zero attached hydrogens (tertiary/aromatic N) is 3. The van der Waals surface area contributed by atoms with Crippen molar-refractivity contribution in [3.8, 4) is 0 Å². The first kappa shape index (κ1) is 15.4. The fraction of sp³-hybridized carbons (Fsp3) is 0.833. The van der Waals surface area contributed by atoms with Gasteiger partial charge in [-0.3, -0.25) is 4.90 Å². The van der Waals surface area contributed by atoms with Gasteiger partial charge in [-0.05, 0) is 6.92 Å². The Labute approximate surface area is 115 Å². The van der Waals surface area contributed by atoms with Crippen LogP contribution in [0.25, 0.3) is 0 Å². The number of piperazine rings is 1. The Morgan fingerprint density at radius 3 is 2.72 bits per heavy atom. The summed E-state index contributed by atoms with van der Waals surface area (Å²) in [7, 11) is 0. The van der Waals surface area contributed by atoms with Crippen molar-refractivity contribution >= 4 is 12.4 Å². The van der Waals surface area contributed by atoms with Crippen molar-refractivity contribution in [2.75, 3.05) is 19.6 Å². The van der Waals surface area contributed by atoms with Crippen molar-refractivity contribution in [1.82, 2.24) is 20.4 Å². The molecule has 0 radical (unpaired) electrons. The topological polar surface area (TPSA) is 54.2 Å². The lowest BCUT2D eigenvalue weighted by Gasteiger charge is -2.32. The SMILES string of the molecule is C[C@H]1CNCCN1Cc1nc(C(C)(C)C)no1.Cl. The van der Waals surface area contributed by atoms with Gasteiger partial charge in [-0.2, -0.15) is 4.98 Å². The molecule has 1 aromatic heterocycles. The van der Waals surface area contributed by atoms with Crippen LogP contribution in [-0.2, 0) is 12.0 Å². The largest absolute Gasteiger partial charge is 0.338 e. The van der Waals surface area contributed by atoms with Crippen LogP contribution in [0.2, 0.25) is 0 Å². The van der Waals surface area contributed by atoms with Crippen LogP contribution in [0.5, 0.6) is 0 Å². The van der Waals surface area contributed by atoms with E-state index in [0.717, 1.165) is 37.9 Å². The third-order valence-corrected chi connectivity index (χ3v) is 3.12. The van der Waals surface area contributed by atoms with E-state index in [4.69, 9.17) is 4.52 Å². The number of halogens is 1. The molecule has 104 valence electrons. The summed E-state index contributed by atoms with van der Waals surface area (Å²) in [6.45, 7) is 12.3. The van der Waals surface area contributed by atoms with Crippen molar-refractivity contribution in [1.29, 1.82) is 0 Å². The zero-order valence-corrected chi connectivity index (χ0v) is 12.4. The quantitative estimate of drug-likeness (QED) is 0.887. The maximum Gasteiger partial charge on any atom is 0.240 e. The molecule has 0 aliphatic carbocycles. The first-order chi connectivity index (χ1) is 7.97. The standard InChI is InChI=1S/C12H22N4O.ClH/c1-9-7-13-5-6-16(9)8-10-14-11(15-17-10)12(2,3)4;/h9,13H,5-8H2,1-4H3;1H/t9-;/m0./s1. The van der Waals surface area contributed by atoms with Crippen LogP contribution in [-0.4, -0.2) is 40.7 Å². The van der Waals surface area contributed by atoms with Gasteiger partial charge < -0.3 is 9.84 Å². The number of nitrogens with one attached hydrogen (secondary N) is 1. The Morgan fingerprint density at radius 1 is 1.44 bits per heavy atom. The first-order valence-electron chi connectivity index (χ1n) is 6.24. The second-order valence-corrected chi connectivity index (χ2v) is 5.79. The zero-order valence-electron chi connectivity index (χ0n) is 11.6. The molecule has 18 heavy (non-hydrogen) atoms. The Bertz CT molecular complexity index is 374. The van der Waals surface area contributed by atoms with Gasteiger partial charge in [0.1, 0.15) is 0 Å². The fourth-order valence-corrected chi connectivity index (χ4v) is 1.92. The molecule has 0 unspecified atom stereocenters. The predicted molar refractivity (Wildman–Crippen MR) is 73.0 cm³/mol. The number of hydrogen-bond donors (Lipinski definition) is 1. The molecule has 1 fully saturated rings. The zero-order chi connectivity index (χ0) is 12.5. The van der Waals surface area contributed by atoms with Gasteiger partial charge in [0.15, 0.2) is 5.82 Å². The van der Waals surface area contributed by atoms with E-state index in [0.29, 0.717) is 6.04 Å². The molecule has 1 aliphatic heterocycles. The second-order valence-electron chi connectivity index (χ2n) is 5.79. The summed E-state index contributed by atoms with van der Waals surface area (Å²) in [4.78, 5) is 6.84. The van der Waals surface area contributed by atoms with Gasteiger partial charge in [0, 0.05) is 31.1 Å². The molecule has 0 amide bonds. The van der Waals surface area contributed by atoms with Crippen LogP contribution in [0, 0.1) is 0 Å². The van der Waals surface area contributed by atoms with Gasteiger partial charge in [0.2, 0.25) is 5.89 Å². The Morgan fingerprint density at radius 2 is 2.17 bits per heavy atom. The van der Waals surface area contributed by atoms with Crippen LogP contribution in [0.15, 0.2) is 4.52 Å². The van der Waals surface area contributed by atoms with E-state index in [2.05, 4.69) is 48.1 Å². The monoisotopic (exact) mass is 274 g/mol. The van der Waals surface area contributed by atoms with Crippen LogP contribution in [0.4, 0.5) is 0 Å². The highest BCUT2D eigenvalue weighted by molar-refractivity contribution is 5.85. The maximum atomic E-state index is 5.32. The smallest absolute Gasteiger partial charge is 0.240 e. The molecule has 2 heterocycles. The normalized spacial score (nSPS) is 21.7. The molecule has 1 aromatic rings. The summed E-state index contributed by atoms with van der Waals surface area (Å²) in [5.74, 6) is 1.51. The Balaban J connectivity index is 0.00000162. The molecule has 2 rings (SSSR count). The summed E-state index contributed by atoms with van der Waals surface area (Å²) < 4.78 is 5.32. The third kappa shape index (κ3) is 3.67. The fourth-order valence-electron chi connectivity index (χ4n) is 1.92. The molecule has 0 aromatic carbocycles. The summed E-state index contributed by atoms with van der Waals surface area (Å²) >= 11 is 0. The van der Waals surface area contributed by atoms with Crippen molar-refractivity contribution < 1.29 is 4.52 Å². The number of rotatable bonds is 2. The van der Waals surface area contributed by atoms with Crippen LogP contribution < -0.4 is 5.32 Å². The van der Waals surface area contributed by atoms with E-state index in [1.54, 1.807) is 0 Å². The summed E-state index contributed by atoms with van der Waals surface area (Å²) in [5.41, 5.74) is -0.0448. The van der Waals surface area contributed by atoms with Crippen LogP contribution in [0.3, 0.4) is 0 Å². The third-order valence-electron chi connectivity index (χ3n) is 3.12. The highest BCUT2D eigenvalue weighted by Crippen LogP contribution is 2.19. The lowest BCUT2D eigenvalue weighted by Crippen LogP contribution is -2.49.